The van der Waals surface area contributed by atoms with Gasteiger partial charge in [0.1, 0.15) is 0 Å². The molecule has 170 valence electrons. The number of thioether (sulfide) groups is 1. The average molecular weight is 473 g/mol. The summed E-state index contributed by atoms with van der Waals surface area (Å²) in [7, 11) is 1.68. The minimum atomic E-state index is -0.361. The summed E-state index contributed by atoms with van der Waals surface area (Å²) in [6.45, 7) is 7.38. The van der Waals surface area contributed by atoms with Gasteiger partial charge in [0.25, 0.3) is 0 Å². The summed E-state index contributed by atoms with van der Waals surface area (Å²) in [6, 6.07) is 15.5. The fourth-order valence-electron chi connectivity index (χ4n) is 3.35. The smallest absolute Gasteiger partial charge is 0.237 e. The van der Waals surface area contributed by atoms with Gasteiger partial charge in [-0.3, -0.25) is 4.79 Å². The molecule has 8 heteroatoms. The summed E-state index contributed by atoms with van der Waals surface area (Å²) in [5.41, 5.74) is 2.77. The molecule has 1 aromatic heterocycles. The molecule has 32 heavy (non-hydrogen) atoms. The number of rotatable bonds is 10. The van der Waals surface area contributed by atoms with Gasteiger partial charge in [0.15, 0.2) is 11.0 Å². The van der Waals surface area contributed by atoms with E-state index in [0.29, 0.717) is 35.1 Å². The maximum absolute atomic E-state index is 13.0. The first-order valence-electron chi connectivity index (χ1n) is 10.7. The van der Waals surface area contributed by atoms with Crippen LogP contribution in [0.3, 0.4) is 0 Å². The average Bonchev–Trinajstić information content (AvgIpc) is 3.16. The number of halogens is 1. The Bertz CT molecular complexity index is 1050. The number of methoxy groups -OCH3 is 1. The number of hydrogen-bond acceptors (Lipinski definition) is 5. The first-order chi connectivity index (χ1) is 15.4. The number of hydrogen-bond donors (Lipinski definition) is 1. The van der Waals surface area contributed by atoms with Gasteiger partial charge in [0.2, 0.25) is 5.91 Å². The van der Waals surface area contributed by atoms with E-state index in [2.05, 4.69) is 29.4 Å². The number of benzene rings is 2. The minimum Gasteiger partial charge on any atom is -0.385 e. The molecule has 0 aliphatic carbocycles. The molecule has 2 aromatic carbocycles. The predicted molar refractivity (Wildman–Crippen MR) is 131 cm³/mol. The second-order valence-corrected chi connectivity index (χ2v) is 9.49. The van der Waals surface area contributed by atoms with Gasteiger partial charge in [0.05, 0.1) is 10.3 Å². The number of carbonyl (C=O) groups is 1. The van der Waals surface area contributed by atoms with Gasteiger partial charge in [-0.05, 0) is 43.0 Å². The maximum atomic E-state index is 13.0. The molecule has 3 rings (SSSR count). The van der Waals surface area contributed by atoms with E-state index in [9.17, 15) is 4.79 Å². The highest BCUT2D eigenvalue weighted by Crippen LogP contribution is 2.31. The molecule has 0 saturated carbocycles. The second-order valence-electron chi connectivity index (χ2n) is 7.78. The number of nitrogens with zero attached hydrogens (tertiary/aromatic N) is 3. The van der Waals surface area contributed by atoms with Gasteiger partial charge < -0.3 is 14.6 Å². The number of ether oxygens (including phenoxy) is 1. The van der Waals surface area contributed by atoms with Crippen LogP contribution in [0.5, 0.6) is 0 Å². The van der Waals surface area contributed by atoms with Crippen molar-refractivity contribution in [1.29, 1.82) is 0 Å². The van der Waals surface area contributed by atoms with Crippen LogP contribution in [0.4, 0.5) is 5.69 Å². The number of nitrogens with one attached hydrogen (secondary N) is 1. The van der Waals surface area contributed by atoms with E-state index < -0.39 is 0 Å². The lowest BCUT2D eigenvalue weighted by Crippen LogP contribution is -2.23. The highest BCUT2D eigenvalue weighted by atomic mass is 35.5. The Balaban J connectivity index is 1.81. The van der Waals surface area contributed by atoms with Crippen molar-refractivity contribution in [2.45, 2.75) is 50.1 Å². The van der Waals surface area contributed by atoms with E-state index in [1.165, 1.54) is 11.8 Å². The van der Waals surface area contributed by atoms with Crippen LogP contribution in [-0.4, -0.2) is 39.6 Å². The van der Waals surface area contributed by atoms with Crippen LogP contribution in [0.2, 0.25) is 5.02 Å². The Morgan fingerprint density at radius 2 is 1.84 bits per heavy atom. The van der Waals surface area contributed by atoms with Crippen molar-refractivity contribution in [3.05, 3.63) is 59.1 Å². The molecule has 0 aliphatic rings. The van der Waals surface area contributed by atoms with Crippen LogP contribution in [0.1, 0.15) is 38.7 Å². The van der Waals surface area contributed by atoms with E-state index in [1.54, 1.807) is 7.11 Å². The summed E-state index contributed by atoms with van der Waals surface area (Å²) < 4.78 is 7.22. The Morgan fingerprint density at radius 3 is 2.56 bits per heavy atom. The van der Waals surface area contributed by atoms with Gasteiger partial charge in [-0.2, -0.15) is 0 Å². The molecule has 3 aromatic rings. The normalized spacial score (nSPS) is 12.2. The monoisotopic (exact) mass is 472 g/mol. The summed E-state index contributed by atoms with van der Waals surface area (Å²) >= 11 is 7.80. The molecule has 1 heterocycles. The third-order valence-corrected chi connectivity index (χ3v) is 6.46. The van der Waals surface area contributed by atoms with Gasteiger partial charge in [-0.1, -0.05) is 67.5 Å². The zero-order valence-electron chi connectivity index (χ0n) is 18.8. The van der Waals surface area contributed by atoms with Gasteiger partial charge in [0, 0.05) is 31.5 Å². The number of amides is 1. The van der Waals surface area contributed by atoms with Crippen LogP contribution in [0, 0.1) is 0 Å². The molecule has 1 N–H and O–H groups in total. The van der Waals surface area contributed by atoms with Gasteiger partial charge in [-0.15, -0.1) is 10.2 Å². The van der Waals surface area contributed by atoms with Crippen LogP contribution in [0.15, 0.2) is 53.7 Å². The first kappa shape index (κ1) is 24.3. The summed E-state index contributed by atoms with van der Waals surface area (Å²) in [4.78, 5) is 13.0. The Hall–Kier alpha value is -2.35. The van der Waals surface area contributed by atoms with Gasteiger partial charge in [-0.25, -0.2) is 0 Å². The predicted octanol–water partition coefficient (Wildman–Crippen LogP) is 5.88. The van der Waals surface area contributed by atoms with Crippen molar-refractivity contribution < 1.29 is 9.53 Å². The maximum Gasteiger partial charge on any atom is 0.237 e. The zero-order valence-corrected chi connectivity index (χ0v) is 20.4. The van der Waals surface area contributed by atoms with Crippen LogP contribution < -0.4 is 5.32 Å². The Morgan fingerprint density at radius 1 is 1.12 bits per heavy atom. The van der Waals surface area contributed by atoms with E-state index in [-0.39, 0.29) is 11.2 Å². The number of para-hydroxylation sites is 1. The fraction of sp³-hybridized carbons (Fsp3) is 0.375. The number of aromatic nitrogens is 3. The topological polar surface area (TPSA) is 69.0 Å². The lowest BCUT2D eigenvalue weighted by molar-refractivity contribution is -0.115. The van der Waals surface area contributed by atoms with Crippen LogP contribution >= 0.6 is 23.4 Å². The summed E-state index contributed by atoms with van der Waals surface area (Å²) in [5.74, 6) is 0.928. The molecule has 1 atom stereocenters. The van der Waals surface area contributed by atoms with E-state index in [4.69, 9.17) is 16.3 Å². The van der Waals surface area contributed by atoms with Crippen molar-refractivity contribution in [3.63, 3.8) is 0 Å². The van der Waals surface area contributed by atoms with E-state index >= 15 is 0 Å². The molecular weight excluding hydrogens is 444 g/mol. The fourth-order valence-corrected chi connectivity index (χ4v) is 4.44. The SMILES string of the molecule is COCCCn1c(SC(C)C(=O)Nc2ccccc2C(C)C)nnc1-c1ccccc1Cl. The number of carbonyl (C=O) groups excluding carboxylic acids is 1. The number of anilines is 1. The summed E-state index contributed by atoms with van der Waals surface area (Å²) in [5, 5.41) is 12.8. The highest BCUT2D eigenvalue weighted by Gasteiger charge is 2.22. The molecule has 1 unspecified atom stereocenters. The molecular formula is C24H29ClN4O2S. The third-order valence-electron chi connectivity index (χ3n) is 5.05. The van der Waals surface area contributed by atoms with Crippen molar-refractivity contribution in [2.24, 2.45) is 0 Å². The summed E-state index contributed by atoms with van der Waals surface area (Å²) in [6.07, 6.45) is 0.794. The first-order valence-corrected chi connectivity index (χ1v) is 11.9. The Labute approximate surface area is 198 Å². The zero-order chi connectivity index (χ0) is 23.1. The lowest BCUT2D eigenvalue weighted by atomic mass is 10.0. The molecule has 0 radical (unpaired) electrons. The third kappa shape index (κ3) is 5.91. The molecule has 0 aliphatic heterocycles. The largest absolute Gasteiger partial charge is 0.385 e. The Kier molecular flexibility index (Phi) is 8.73. The van der Waals surface area contributed by atoms with Crippen molar-refractivity contribution in [2.75, 3.05) is 19.0 Å². The van der Waals surface area contributed by atoms with E-state index in [0.717, 1.165) is 23.2 Å². The standard InChI is InChI=1S/C24H29ClN4O2S/c1-16(2)18-10-6-8-13-21(18)26-23(30)17(3)32-24-28-27-22(29(24)14-9-15-31-4)19-11-5-7-12-20(19)25/h5-8,10-13,16-17H,9,14-15H2,1-4H3,(H,26,30). The molecule has 0 saturated heterocycles. The quantitative estimate of drug-likeness (QED) is 0.295. The van der Waals surface area contributed by atoms with Crippen molar-refractivity contribution in [3.8, 4) is 11.4 Å². The molecule has 1 amide bonds. The molecule has 0 spiro atoms. The van der Waals surface area contributed by atoms with Crippen LogP contribution in [-0.2, 0) is 16.1 Å². The second kappa shape index (κ2) is 11.5. The molecule has 0 fully saturated rings. The van der Waals surface area contributed by atoms with Crippen molar-refractivity contribution >= 4 is 35.0 Å². The minimum absolute atomic E-state index is 0.0752. The molecule has 0 bridgehead atoms. The van der Waals surface area contributed by atoms with Crippen molar-refractivity contribution in [1.82, 2.24) is 14.8 Å². The van der Waals surface area contributed by atoms with Gasteiger partial charge >= 0.3 is 0 Å². The van der Waals surface area contributed by atoms with E-state index in [1.807, 2.05) is 60.0 Å². The molecule has 6 nitrogen and oxygen atoms in total. The lowest BCUT2D eigenvalue weighted by Gasteiger charge is -2.17. The van der Waals surface area contributed by atoms with Crippen LogP contribution in [0.25, 0.3) is 11.4 Å². The highest BCUT2D eigenvalue weighted by molar-refractivity contribution is 8.00.